The Hall–Kier alpha value is -1.59. The number of carboxylic acids is 1. The van der Waals surface area contributed by atoms with Gasteiger partial charge < -0.3 is 14.7 Å². The number of carbonyl (C=O) groups excluding carboxylic acids is 1. The number of aryl methyl sites for hydroxylation is 1. The second kappa shape index (κ2) is 6.49. The van der Waals surface area contributed by atoms with Crippen LogP contribution >= 0.6 is 11.6 Å². The van der Waals surface area contributed by atoms with E-state index in [1.54, 1.807) is 11.0 Å². The summed E-state index contributed by atoms with van der Waals surface area (Å²) in [6.07, 6.45) is 1.45. The Morgan fingerprint density at radius 1 is 1.43 bits per heavy atom. The monoisotopic (exact) mass is 337 g/mol. The molecule has 1 N–H and O–H groups in total. The molecule has 0 bridgehead atoms. The summed E-state index contributed by atoms with van der Waals surface area (Å²) in [6, 6.07) is 7.46. The van der Waals surface area contributed by atoms with Gasteiger partial charge in [-0.25, -0.2) is 0 Å². The van der Waals surface area contributed by atoms with Crippen molar-refractivity contribution in [2.45, 2.75) is 19.3 Å². The zero-order valence-electron chi connectivity index (χ0n) is 12.8. The molecule has 2 heterocycles. The van der Waals surface area contributed by atoms with Gasteiger partial charge in [-0.1, -0.05) is 23.7 Å². The lowest BCUT2D eigenvalue weighted by Crippen LogP contribution is -2.45. The molecule has 2 aliphatic heterocycles. The lowest BCUT2D eigenvalue weighted by atomic mass is 9.74. The van der Waals surface area contributed by atoms with Crippen LogP contribution in [0.5, 0.6) is 0 Å². The fourth-order valence-electron chi connectivity index (χ4n) is 3.59. The Morgan fingerprint density at radius 2 is 2.26 bits per heavy atom. The molecule has 0 radical (unpaired) electrons. The molecule has 124 valence electrons. The van der Waals surface area contributed by atoms with Gasteiger partial charge in [0.1, 0.15) is 0 Å². The van der Waals surface area contributed by atoms with Crippen molar-refractivity contribution in [2.24, 2.45) is 11.3 Å². The third kappa shape index (κ3) is 3.21. The molecule has 2 atom stereocenters. The molecular weight excluding hydrogens is 318 g/mol. The molecule has 0 spiro atoms. The van der Waals surface area contributed by atoms with E-state index in [1.165, 1.54) is 0 Å². The largest absolute Gasteiger partial charge is 0.481 e. The number of nitrogens with zero attached hydrogens (tertiary/aromatic N) is 1. The maximum Gasteiger partial charge on any atom is 0.311 e. The highest BCUT2D eigenvalue weighted by Gasteiger charge is 2.54. The first kappa shape index (κ1) is 16.3. The summed E-state index contributed by atoms with van der Waals surface area (Å²) in [6.45, 7) is 1.64. The standard InChI is InChI=1S/C17H20ClNO4/c18-14-3-1-2-12(8-14)4-5-15(20)19-9-13-10-23-7-6-17(13,11-19)16(21)22/h1-3,8,13H,4-7,9-11H2,(H,21,22)/t13-,17+/m1/s1. The highest BCUT2D eigenvalue weighted by atomic mass is 35.5. The van der Waals surface area contributed by atoms with Gasteiger partial charge in [0.2, 0.25) is 5.91 Å². The van der Waals surface area contributed by atoms with Crippen LogP contribution in [0.2, 0.25) is 5.02 Å². The number of likely N-dealkylation sites (tertiary alicyclic amines) is 1. The highest BCUT2D eigenvalue weighted by Crippen LogP contribution is 2.42. The van der Waals surface area contributed by atoms with Crippen molar-refractivity contribution >= 4 is 23.5 Å². The quantitative estimate of drug-likeness (QED) is 0.914. The summed E-state index contributed by atoms with van der Waals surface area (Å²) in [5.74, 6) is -0.917. The molecule has 1 aromatic carbocycles. The molecule has 3 rings (SSSR count). The number of rotatable bonds is 4. The third-order valence-corrected chi connectivity index (χ3v) is 5.24. The van der Waals surface area contributed by atoms with E-state index in [-0.39, 0.29) is 11.8 Å². The summed E-state index contributed by atoms with van der Waals surface area (Å²) in [5, 5.41) is 10.3. The van der Waals surface area contributed by atoms with E-state index in [4.69, 9.17) is 16.3 Å². The molecule has 0 unspecified atom stereocenters. The van der Waals surface area contributed by atoms with Gasteiger partial charge in [0.25, 0.3) is 0 Å². The van der Waals surface area contributed by atoms with Crippen molar-refractivity contribution < 1.29 is 19.4 Å². The fraction of sp³-hybridized carbons (Fsp3) is 0.529. The first-order valence-electron chi connectivity index (χ1n) is 7.85. The van der Waals surface area contributed by atoms with Crippen molar-refractivity contribution in [1.82, 2.24) is 4.90 Å². The zero-order valence-corrected chi connectivity index (χ0v) is 13.6. The average molecular weight is 338 g/mol. The normalized spacial score (nSPS) is 26.8. The van der Waals surface area contributed by atoms with Crippen LogP contribution < -0.4 is 0 Å². The molecule has 2 aliphatic rings. The van der Waals surface area contributed by atoms with Gasteiger partial charge in [0, 0.05) is 37.1 Å². The number of carbonyl (C=O) groups is 2. The van der Waals surface area contributed by atoms with Gasteiger partial charge in [-0.15, -0.1) is 0 Å². The van der Waals surface area contributed by atoms with E-state index < -0.39 is 11.4 Å². The number of fused-ring (bicyclic) bond motifs is 1. The number of halogens is 1. The Balaban J connectivity index is 1.63. The summed E-state index contributed by atoms with van der Waals surface area (Å²) in [5.41, 5.74) is 0.183. The molecule has 1 aromatic rings. The van der Waals surface area contributed by atoms with E-state index in [0.717, 1.165) is 5.56 Å². The van der Waals surface area contributed by atoms with E-state index in [2.05, 4.69) is 0 Å². The van der Waals surface area contributed by atoms with E-state index in [1.807, 2.05) is 18.2 Å². The summed E-state index contributed by atoms with van der Waals surface area (Å²) in [7, 11) is 0. The Kier molecular flexibility index (Phi) is 4.60. The van der Waals surface area contributed by atoms with Crippen molar-refractivity contribution in [3.05, 3.63) is 34.9 Å². The molecule has 0 aromatic heterocycles. The highest BCUT2D eigenvalue weighted by molar-refractivity contribution is 6.30. The van der Waals surface area contributed by atoms with Crippen LogP contribution in [0.15, 0.2) is 24.3 Å². The maximum absolute atomic E-state index is 12.5. The van der Waals surface area contributed by atoms with Gasteiger partial charge in [-0.3, -0.25) is 9.59 Å². The second-order valence-electron chi connectivity index (χ2n) is 6.39. The number of hydrogen-bond donors (Lipinski definition) is 1. The van der Waals surface area contributed by atoms with Crippen LogP contribution in [0.4, 0.5) is 0 Å². The number of amides is 1. The lowest BCUT2D eigenvalue weighted by molar-refractivity contribution is -0.157. The SMILES string of the molecule is O=C(CCc1cccc(Cl)c1)N1C[C@@H]2COCC[C@]2(C(=O)O)C1. The van der Waals surface area contributed by atoms with Crippen LogP contribution in [-0.4, -0.2) is 48.2 Å². The number of hydrogen-bond acceptors (Lipinski definition) is 3. The fourth-order valence-corrected chi connectivity index (χ4v) is 3.80. The van der Waals surface area contributed by atoms with Gasteiger partial charge >= 0.3 is 5.97 Å². The molecule has 5 nitrogen and oxygen atoms in total. The van der Waals surface area contributed by atoms with Crippen LogP contribution in [0.3, 0.4) is 0 Å². The van der Waals surface area contributed by atoms with Gasteiger partial charge in [-0.05, 0) is 30.5 Å². The van der Waals surface area contributed by atoms with Crippen molar-refractivity contribution in [3.8, 4) is 0 Å². The van der Waals surface area contributed by atoms with Crippen LogP contribution in [-0.2, 0) is 20.7 Å². The van der Waals surface area contributed by atoms with Crippen molar-refractivity contribution in [2.75, 3.05) is 26.3 Å². The Bertz CT molecular complexity index is 620. The summed E-state index contributed by atoms with van der Waals surface area (Å²) < 4.78 is 5.41. The molecule has 2 saturated heterocycles. The zero-order chi connectivity index (χ0) is 16.4. The van der Waals surface area contributed by atoms with Gasteiger partial charge in [0.05, 0.1) is 12.0 Å². The minimum Gasteiger partial charge on any atom is -0.481 e. The second-order valence-corrected chi connectivity index (χ2v) is 6.82. The van der Waals surface area contributed by atoms with Crippen LogP contribution in [0, 0.1) is 11.3 Å². The topological polar surface area (TPSA) is 66.8 Å². The first-order valence-corrected chi connectivity index (χ1v) is 8.22. The van der Waals surface area contributed by atoms with Gasteiger partial charge in [-0.2, -0.15) is 0 Å². The molecule has 0 saturated carbocycles. The molecule has 6 heteroatoms. The molecule has 0 aliphatic carbocycles. The average Bonchev–Trinajstić information content (AvgIpc) is 2.94. The predicted molar refractivity (Wildman–Crippen MR) is 85.3 cm³/mol. The molecule has 1 amide bonds. The minimum absolute atomic E-state index is 0.000000472. The Morgan fingerprint density at radius 3 is 2.96 bits per heavy atom. The van der Waals surface area contributed by atoms with E-state index in [9.17, 15) is 14.7 Å². The summed E-state index contributed by atoms with van der Waals surface area (Å²) in [4.78, 5) is 25.9. The molecular formula is C17H20ClNO4. The van der Waals surface area contributed by atoms with E-state index in [0.29, 0.717) is 50.6 Å². The minimum atomic E-state index is -0.829. The third-order valence-electron chi connectivity index (χ3n) is 5.00. The van der Waals surface area contributed by atoms with Crippen molar-refractivity contribution in [3.63, 3.8) is 0 Å². The first-order chi connectivity index (χ1) is 11.0. The molecule has 23 heavy (non-hydrogen) atoms. The Labute approximate surface area is 140 Å². The predicted octanol–water partition coefficient (Wildman–Crippen LogP) is 2.22. The number of aliphatic carboxylic acids is 1. The lowest BCUT2D eigenvalue weighted by Gasteiger charge is -2.33. The number of benzene rings is 1. The smallest absolute Gasteiger partial charge is 0.311 e. The molecule has 2 fully saturated rings. The van der Waals surface area contributed by atoms with Crippen LogP contribution in [0.25, 0.3) is 0 Å². The summed E-state index contributed by atoms with van der Waals surface area (Å²) >= 11 is 5.95. The number of ether oxygens (including phenoxy) is 1. The number of carboxylic acid groups (broad SMARTS) is 1. The van der Waals surface area contributed by atoms with E-state index >= 15 is 0 Å². The maximum atomic E-state index is 12.5. The van der Waals surface area contributed by atoms with Crippen LogP contribution in [0.1, 0.15) is 18.4 Å². The van der Waals surface area contributed by atoms with Crippen molar-refractivity contribution in [1.29, 1.82) is 0 Å². The van der Waals surface area contributed by atoms with Gasteiger partial charge in [0.15, 0.2) is 0 Å².